The summed E-state index contributed by atoms with van der Waals surface area (Å²) < 4.78 is 14.6. The third kappa shape index (κ3) is 5.14. The van der Waals surface area contributed by atoms with Gasteiger partial charge in [0, 0.05) is 0 Å². The van der Waals surface area contributed by atoms with Gasteiger partial charge in [-0.15, -0.1) is 0 Å². The van der Waals surface area contributed by atoms with Gasteiger partial charge in [-0.05, 0) is 60.6 Å². The molecule has 0 saturated carbocycles. The molecule has 0 aliphatic heterocycles. The summed E-state index contributed by atoms with van der Waals surface area (Å²) >= 11 is 0. The molecule has 2 aromatic carbocycles. The molecule has 20 heavy (non-hydrogen) atoms. The largest absolute Gasteiger partial charge is 0.542 e. The van der Waals surface area contributed by atoms with E-state index in [4.69, 9.17) is 0 Å². The minimum absolute atomic E-state index is 0.644. The van der Waals surface area contributed by atoms with Gasteiger partial charge < -0.3 is 0 Å². The smallest absolute Gasteiger partial charge is 0.256 e. The molecule has 0 aliphatic carbocycles. The van der Waals surface area contributed by atoms with Gasteiger partial charge in [0.05, 0.1) is 0 Å². The summed E-state index contributed by atoms with van der Waals surface area (Å²) in [6.45, 7) is 8.75. The highest BCUT2D eigenvalue weighted by atomic mass is 31.1. The van der Waals surface area contributed by atoms with Gasteiger partial charge in [0.1, 0.15) is 0 Å². The second-order valence-corrected chi connectivity index (χ2v) is 5.10. The van der Waals surface area contributed by atoms with Gasteiger partial charge in [0.15, 0.2) is 5.75 Å². The summed E-state index contributed by atoms with van der Waals surface area (Å²) in [6.07, 6.45) is 1.15. The fraction of sp³-hybridized carbons (Fsp3) is 0.294. The van der Waals surface area contributed by atoms with Crippen LogP contribution >= 0.6 is 8.69 Å². The number of hydrogen-bond donors (Lipinski definition) is 0. The summed E-state index contributed by atoms with van der Waals surface area (Å²) in [6, 6.07) is 13.6. The van der Waals surface area contributed by atoms with Crippen LogP contribution in [0.2, 0.25) is 0 Å². The molecule has 0 aliphatic rings. The Labute approximate surface area is 123 Å². The van der Waals surface area contributed by atoms with Crippen LogP contribution in [0.3, 0.4) is 0 Å². The fourth-order valence-electron chi connectivity index (χ4n) is 2.30. The topological polar surface area (TPSA) is 26.3 Å². The van der Waals surface area contributed by atoms with Crippen molar-refractivity contribution in [3.05, 3.63) is 64.7 Å². The van der Waals surface area contributed by atoms with E-state index in [0.717, 1.165) is 6.42 Å². The normalized spacial score (nSPS) is 9.80. The quantitative estimate of drug-likeness (QED) is 0.728. The zero-order chi connectivity index (χ0) is 15.0. The highest BCUT2D eigenvalue weighted by molar-refractivity contribution is 7.17. The number of para-hydroxylation sites is 1. The van der Waals surface area contributed by atoms with Crippen molar-refractivity contribution in [2.45, 2.75) is 34.1 Å². The molecule has 0 spiro atoms. The Balaban J connectivity index is 0.000000204. The maximum atomic E-state index is 9.90. The Bertz CT molecular complexity index is 527. The maximum Gasteiger partial charge on any atom is 0.542 e. The molecule has 1 unspecified atom stereocenters. The lowest BCUT2D eigenvalue weighted by Gasteiger charge is -2.08. The van der Waals surface area contributed by atoms with Crippen molar-refractivity contribution in [3.63, 3.8) is 0 Å². The van der Waals surface area contributed by atoms with Crippen LogP contribution in [0.1, 0.15) is 29.2 Å². The molecule has 0 aromatic heterocycles. The first-order valence-electron chi connectivity index (χ1n) is 6.74. The second-order valence-electron chi connectivity index (χ2n) is 4.73. The molecule has 2 rings (SSSR count). The summed E-state index contributed by atoms with van der Waals surface area (Å²) in [5.41, 5.74) is 5.75. The van der Waals surface area contributed by atoms with Crippen LogP contribution in [0.5, 0.6) is 5.75 Å². The lowest BCUT2D eigenvalue weighted by atomic mass is 9.98. The predicted molar refractivity (Wildman–Crippen MR) is 86.1 cm³/mol. The van der Waals surface area contributed by atoms with Crippen LogP contribution < -0.4 is 4.52 Å². The van der Waals surface area contributed by atoms with Crippen LogP contribution in [-0.2, 0) is 11.0 Å². The Hall–Kier alpha value is -1.66. The van der Waals surface area contributed by atoms with Crippen molar-refractivity contribution >= 4 is 8.69 Å². The summed E-state index contributed by atoms with van der Waals surface area (Å²) in [5, 5.41) is 0. The molecule has 0 amide bonds. The summed E-state index contributed by atoms with van der Waals surface area (Å²) in [7, 11) is -0.715. The van der Waals surface area contributed by atoms with E-state index in [1.807, 2.05) is 18.2 Å². The lowest BCUT2D eigenvalue weighted by molar-refractivity contribution is 0.525. The standard InChI is InChI=1S/C11H16.C6H6O2P/c1-5-11-9(3)6-8(2)7-10(11)4;7-9-8-6-4-2-1-3-5-6/h6-7H,5H2,1-4H3;1-5,9H/q;+1. The molecule has 0 heterocycles. The van der Waals surface area contributed by atoms with Gasteiger partial charge in [-0.1, -0.05) is 42.8 Å². The molecule has 3 heteroatoms. The van der Waals surface area contributed by atoms with Crippen molar-refractivity contribution in [1.29, 1.82) is 0 Å². The number of hydrogen-bond acceptors (Lipinski definition) is 2. The van der Waals surface area contributed by atoms with Gasteiger partial charge in [0.2, 0.25) is 0 Å². The van der Waals surface area contributed by atoms with E-state index in [0.29, 0.717) is 5.75 Å². The molecule has 0 radical (unpaired) electrons. The zero-order valence-corrected chi connectivity index (χ0v) is 13.6. The second kappa shape index (κ2) is 8.50. The van der Waals surface area contributed by atoms with Gasteiger partial charge in [-0.25, -0.2) is 0 Å². The van der Waals surface area contributed by atoms with Crippen LogP contribution in [0.25, 0.3) is 0 Å². The minimum atomic E-state index is -0.715. The molecular formula is C17H22O2P+. The number of rotatable bonds is 3. The first-order valence-corrected chi connectivity index (χ1v) is 7.55. The minimum Gasteiger partial charge on any atom is -0.256 e. The van der Waals surface area contributed by atoms with E-state index in [-0.39, 0.29) is 0 Å². The monoisotopic (exact) mass is 289 g/mol. The Morgan fingerprint density at radius 2 is 1.55 bits per heavy atom. The highest BCUT2D eigenvalue weighted by Crippen LogP contribution is 2.16. The predicted octanol–water partition coefficient (Wildman–Crippen LogP) is 5.18. The molecule has 2 nitrogen and oxygen atoms in total. The molecule has 1 atom stereocenters. The molecular weight excluding hydrogens is 267 g/mol. The SMILES string of the molecule is CCc1c(C)cc(C)cc1C.O=[PH+]Oc1ccccc1. The summed E-state index contributed by atoms with van der Waals surface area (Å²) in [5.74, 6) is 0.644. The van der Waals surface area contributed by atoms with E-state index in [2.05, 4.69) is 44.4 Å². The Morgan fingerprint density at radius 3 is 2.00 bits per heavy atom. The van der Waals surface area contributed by atoms with E-state index in [9.17, 15) is 4.57 Å². The maximum absolute atomic E-state index is 9.90. The third-order valence-corrected chi connectivity index (χ3v) is 3.42. The average Bonchev–Trinajstić information content (AvgIpc) is 2.40. The molecule has 0 fully saturated rings. The fourth-order valence-corrected chi connectivity index (χ4v) is 2.54. The number of benzene rings is 2. The van der Waals surface area contributed by atoms with E-state index in [1.54, 1.807) is 12.1 Å². The highest BCUT2D eigenvalue weighted by Gasteiger charge is 1.99. The molecule has 0 saturated heterocycles. The molecule has 0 bridgehead atoms. The molecule has 2 aromatic rings. The molecule has 106 valence electrons. The average molecular weight is 289 g/mol. The van der Waals surface area contributed by atoms with E-state index in [1.165, 1.54) is 22.3 Å². The lowest BCUT2D eigenvalue weighted by Crippen LogP contribution is -1.92. The summed E-state index contributed by atoms with van der Waals surface area (Å²) in [4.78, 5) is 0. The van der Waals surface area contributed by atoms with E-state index < -0.39 is 8.69 Å². The van der Waals surface area contributed by atoms with Crippen molar-refractivity contribution in [1.82, 2.24) is 0 Å². The van der Waals surface area contributed by atoms with Crippen LogP contribution in [0.15, 0.2) is 42.5 Å². The number of aryl methyl sites for hydroxylation is 3. The van der Waals surface area contributed by atoms with Crippen LogP contribution in [-0.4, -0.2) is 0 Å². The Kier molecular flexibility index (Phi) is 6.97. The third-order valence-electron chi connectivity index (χ3n) is 3.10. The first kappa shape index (κ1) is 16.4. The van der Waals surface area contributed by atoms with Crippen molar-refractivity contribution < 1.29 is 9.09 Å². The zero-order valence-electron chi connectivity index (χ0n) is 12.6. The van der Waals surface area contributed by atoms with Crippen LogP contribution in [0.4, 0.5) is 0 Å². The van der Waals surface area contributed by atoms with E-state index >= 15 is 0 Å². The van der Waals surface area contributed by atoms with Crippen molar-refractivity contribution in [2.24, 2.45) is 0 Å². The van der Waals surface area contributed by atoms with Gasteiger partial charge in [0.25, 0.3) is 0 Å². The first-order chi connectivity index (χ1) is 9.58. The van der Waals surface area contributed by atoms with Crippen molar-refractivity contribution in [2.75, 3.05) is 0 Å². The Morgan fingerprint density at radius 1 is 1.00 bits per heavy atom. The van der Waals surface area contributed by atoms with Gasteiger partial charge >= 0.3 is 8.69 Å². The van der Waals surface area contributed by atoms with Gasteiger partial charge in [-0.3, -0.25) is 4.52 Å². The molecule has 0 N–H and O–H groups in total. The van der Waals surface area contributed by atoms with Gasteiger partial charge in [-0.2, -0.15) is 0 Å². The van der Waals surface area contributed by atoms with Crippen LogP contribution in [0, 0.1) is 20.8 Å². The van der Waals surface area contributed by atoms with Crippen molar-refractivity contribution in [3.8, 4) is 5.75 Å².